The molecule has 0 aliphatic heterocycles. The van der Waals surface area contributed by atoms with Crippen LogP contribution in [-0.2, 0) is 16.0 Å². The van der Waals surface area contributed by atoms with Crippen molar-refractivity contribution >= 4 is 33.8 Å². The number of aliphatic carboxylic acids is 1. The van der Waals surface area contributed by atoms with E-state index in [1.807, 2.05) is 12.1 Å². The minimum atomic E-state index is -1.12. The van der Waals surface area contributed by atoms with Crippen molar-refractivity contribution in [3.05, 3.63) is 64.1 Å². The summed E-state index contributed by atoms with van der Waals surface area (Å²) in [7, 11) is 0. The number of nitrogens with one attached hydrogen (secondary N) is 1. The van der Waals surface area contributed by atoms with Gasteiger partial charge in [-0.2, -0.15) is 0 Å². The first-order chi connectivity index (χ1) is 11.9. The minimum absolute atomic E-state index is 0.147. The molecule has 0 saturated heterocycles. The van der Waals surface area contributed by atoms with Crippen molar-refractivity contribution < 1.29 is 24.2 Å². The number of ether oxygens (including phenoxy) is 1. The fourth-order valence-corrected chi connectivity index (χ4v) is 2.61. The maximum atomic E-state index is 12.3. The van der Waals surface area contributed by atoms with Gasteiger partial charge in [0.25, 0.3) is 5.91 Å². The van der Waals surface area contributed by atoms with Gasteiger partial charge in [0.1, 0.15) is 11.8 Å². The molecule has 2 aromatic rings. The molecule has 0 spiro atoms. The largest absolute Gasteiger partial charge is 0.480 e. The minimum Gasteiger partial charge on any atom is -0.480 e. The molecule has 25 heavy (non-hydrogen) atoms. The first kappa shape index (κ1) is 18.7. The number of halogens is 1. The van der Waals surface area contributed by atoms with E-state index >= 15 is 0 Å². The van der Waals surface area contributed by atoms with E-state index in [1.54, 1.807) is 12.1 Å². The Morgan fingerprint density at radius 2 is 1.76 bits per heavy atom. The van der Waals surface area contributed by atoms with Crippen LogP contribution in [0.25, 0.3) is 0 Å². The Hall–Kier alpha value is -2.67. The van der Waals surface area contributed by atoms with Crippen LogP contribution in [0.1, 0.15) is 22.8 Å². The van der Waals surface area contributed by atoms with Crippen molar-refractivity contribution in [2.45, 2.75) is 19.4 Å². The second-order valence-electron chi connectivity index (χ2n) is 5.28. The number of amides is 1. The third-order valence-electron chi connectivity index (χ3n) is 3.36. The lowest BCUT2D eigenvalue weighted by atomic mass is 10.1. The molecular formula is C18H16BrNO5. The van der Waals surface area contributed by atoms with E-state index in [2.05, 4.69) is 21.2 Å². The van der Waals surface area contributed by atoms with Gasteiger partial charge in [0.2, 0.25) is 0 Å². The highest BCUT2D eigenvalue weighted by Gasteiger charge is 2.22. The van der Waals surface area contributed by atoms with Gasteiger partial charge >= 0.3 is 11.9 Å². The second-order valence-corrected chi connectivity index (χ2v) is 6.13. The molecule has 0 aliphatic rings. The van der Waals surface area contributed by atoms with E-state index in [0.29, 0.717) is 5.75 Å². The predicted octanol–water partition coefficient (Wildman–Crippen LogP) is 2.80. The molecule has 0 heterocycles. The number of carboxylic acid groups (broad SMARTS) is 1. The van der Waals surface area contributed by atoms with Gasteiger partial charge in [0.15, 0.2) is 0 Å². The third kappa shape index (κ3) is 5.42. The quantitative estimate of drug-likeness (QED) is 0.569. The van der Waals surface area contributed by atoms with E-state index in [9.17, 15) is 19.5 Å². The van der Waals surface area contributed by atoms with Crippen molar-refractivity contribution in [1.29, 1.82) is 0 Å². The van der Waals surface area contributed by atoms with Gasteiger partial charge in [-0.3, -0.25) is 9.59 Å². The van der Waals surface area contributed by atoms with Gasteiger partial charge < -0.3 is 15.2 Å². The predicted molar refractivity (Wildman–Crippen MR) is 94.5 cm³/mol. The first-order valence-corrected chi connectivity index (χ1v) is 8.21. The zero-order valence-electron chi connectivity index (χ0n) is 13.4. The van der Waals surface area contributed by atoms with Crippen LogP contribution in [0.2, 0.25) is 0 Å². The Kier molecular flexibility index (Phi) is 6.30. The lowest BCUT2D eigenvalue weighted by Gasteiger charge is -2.15. The van der Waals surface area contributed by atoms with Crippen molar-refractivity contribution in [1.82, 2.24) is 5.32 Å². The third-order valence-corrected chi connectivity index (χ3v) is 4.14. The standard InChI is InChI=1S/C18H16BrNO5/c1-11(21)25-14-8-6-12(7-9-14)17(22)20-16(18(23)24)10-13-4-2-3-5-15(13)19/h2-9,16H,10H2,1H3,(H,20,22)(H,23,24)/t16-/m1/s1. The molecule has 1 amide bonds. The molecule has 0 fully saturated rings. The number of carbonyl (C=O) groups excluding carboxylic acids is 2. The molecular weight excluding hydrogens is 390 g/mol. The molecule has 130 valence electrons. The molecule has 0 unspecified atom stereocenters. The molecule has 2 N–H and O–H groups in total. The van der Waals surface area contributed by atoms with E-state index in [-0.39, 0.29) is 12.0 Å². The molecule has 7 heteroatoms. The van der Waals surface area contributed by atoms with Crippen LogP contribution in [0.5, 0.6) is 5.75 Å². The summed E-state index contributed by atoms with van der Waals surface area (Å²) in [6, 6.07) is 12.0. The monoisotopic (exact) mass is 405 g/mol. The molecule has 1 atom stereocenters. The normalized spacial score (nSPS) is 11.4. The SMILES string of the molecule is CC(=O)Oc1ccc(C(=O)N[C@H](Cc2ccccc2Br)C(=O)O)cc1. The maximum absolute atomic E-state index is 12.3. The Morgan fingerprint density at radius 3 is 2.32 bits per heavy atom. The van der Waals surface area contributed by atoms with Gasteiger partial charge in [-0.05, 0) is 35.9 Å². The van der Waals surface area contributed by atoms with Gasteiger partial charge in [-0.25, -0.2) is 4.79 Å². The van der Waals surface area contributed by atoms with Gasteiger partial charge in [-0.1, -0.05) is 34.1 Å². The first-order valence-electron chi connectivity index (χ1n) is 7.42. The van der Waals surface area contributed by atoms with Crippen molar-refractivity contribution in [3.63, 3.8) is 0 Å². The summed E-state index contributed by atoms with van der Waals surface area (Å²) in [6.45, 7) is 1.28. The second kappa shape index (κ2) is 8.43. The molecule has 0 bridgehead atoms. The number of rotatable bonds is 6. The molecule has 0 saturated carbocycles. The van der Waals surface area contributed by atoms with Crippen LogP contribution in [0.3, 0.4) is 0 Å². The Labute approximate surface area is 152 Å². The van der Waals surface area contributed by atoms with Gasteiger partial charge in [0, 0.05) is 23.4 Å². The average Bonchev–Trinajstić information content (AvgIpc) is 2.56. The zero-order valence-corrected chi connectivity index (χ0v) is 14.9. The van der Waals surface area contributed by atoms with Crippen molar-refractivity contribution in [3.8, 4) is 5.75 Å². The van der Waals surface area contributed by atoms with E-state index in [0.717, 1.165) is 10.0 Å². The smallest absolute Gasteiger partial charge is 0.326 e. The summed E-state index contributed by atoms with van der Waals surface area (Å²) in [4.78, 5) is 34.6. The van der Waals surface area contributed by atoms with Crippen LogP contribution in [0.15, 0.2) is 53.0 Å². The number of carbonyl (C=O) groups is 3. The van der Waals surface area contributed by atoms with Crippen LogP contribution in [-0.4, -0.2) is 29.0 Å². The fourth-order valence-electron chi connectivity index (χ4n) is 2.17. The molecule has 2 aromatic carbocycles. The highest BCUT2D eigenvalue weighted by molar-refractivity contribution is 9.10. The molecule has 0 aromatic heterocycles. The lowest BCUT2D eigenvalue weighted by Crippen LogP contribution is -2.42. The number of esters is 1. The highest BCUT2D eigenvalue weighted by atomic mass is 79.9. The maximum Gasteiger partial charge on any atom is 0.326 e. The number of hydrogen-bond acceptors (Lipinski definition) is 4. The van der Waals surface area contributed by atoms with E-state index in [4.69, 9.17) is 4.74 Å². The Morgan fingerprint density at radius 1 is 1.12 bits per heavy atom. The average molecular weight is 406 g/mol. The van der Waals surface area contributed by atoms with E-state index < -0.39 is 23.9 Å². The van der Waals surface area contributed by atoms with Crippen molar-refractivity contribution in [2.24, 2.45) is 0 Å². The summed E-state index contributed by atoms with van der Waals surface area (Å²) < 4.78 is 5.67. The number of benzene rings is 2. The summed E-state index contributed by atoms with van der Waals surface area (Å²) in [5.74, 6) is -1.79. The van der Waals surface area contributed by atoms with Crippen LogP contribution >= 0.6 is 15.9 Å². The van der Waals surface area contributed by atoms with Crippen molar-refractivity contribution in [2.75, 3.05) is 0 Å². The molecule has 6 nitrogen and oxygen atoms in total. The van der Waals surface area contributed by atoms with Gasteiger partial charge in [-0.15, -0.1) is 0 Å². The molecule has 2 rings (SSSR count). The van der Waals surface area contributed by atoms with Crippen LogP contribution in [0.4, 0.5) is 0 Å². The highest BCUT2D eigenvalue weighted by Crippen LogP contribution is 2.18. The van der Waals surface area contributed by atoms with Crippen LogP contribution < -0.4 is 10.1 Å². The topological polar surface area (TPSA) is 92.7 Å². The Bertz CT molecular complexity index is 788. The zero-order chi connectivity index (χ0) is 18.4. The van der Waals surface area contributed by atoms with Crippen LogP contribution in [0, 0.1) is 0 Å². The summed E-state index contributed by atoms with van der Waals surface area (Å²) in [5, 5.41) is 11.9. The Balaban J connectivity index is 2.08. The fraction of sp³-hybridized carbons (Fsp3) is 0.167. The van der Waals surface area contributed by atoms with Gasteiger partial charge in [0.05, 0.1) is 0 Å². The summed E-state index contributed by atoms with van der Waals surface area (Å²) in [6.07, 6.45) is 0.147. The lowest BCUT2D eigenvalue weighted by molar-refractivity contribution is -0.139. The molecule has 0 radical (unpaired) electrons. The number of hydrogen-bond donors (Lipinski definition) is 2. The number of carboxylic acids is 1. The van der Waals surface area contributed by atoms with E-state index in [1.165, 1.54) is 31.2 Å². The summed E-state index contributed by atoms with van der Waals surface area (Å²) >= 11 is 3.37. The molecule has 0 aliphatic carbocycles. The summed E-state index contributed by atoms with van der Waals surface area (Å²) in [5.41, 5.74) is 1.05.